The molecule has 2 heterocycles. The van der Waals surface area contributed by atoms with Crippen molar-refractivity contribution in [2.75, 3.05) is 6.61 Å². The maximum Gasteiger partial charge on any atom is 0.270 e. The van der Waals surface area contributed by atoms with E-state index in [-0.39, 0.29) is 24.1 Å². The van der Waals surface area contributed by atoms with Crippen molar-refractivity contribution in [1.82, 2.24) is 15.3 Å². The smallest absolute Gasteiger partial charge is 0.270 e. The van der Waals surface area contributed by atoms with Gasteiger partial charge in [0.1, 0.15) is 5.69 Å². The molecule has 1 saturated carbocycles. The number of aromatic amines is 1. The number of aliphatic hydroxyl groups is 1. The first-order valence-electron chi connectivity index (χ1n) is 7.57. The molecule has 0 bridgehead atoms. The lowest BCUT2D eigenvalue weighted by Gasteiger charge is -2.27. The van der Waals surface area contributed by atoms with Crippen molar-refractivity contribution in [2.45, 2.75) is 31.7 Å². The van der Waals surface area contributed by atoms with Gasteiger partial charge in [0.05, 0.1) is 10.9 Å². The minimum absolute atomic E-state index is 0.131. The summed E-state index contributed by atoms with van der Waals surface area (Å²) in [6, 6.07) is 5.01. The van der Waals surface area contributed by atoms with Gasteiger partial charge in [0.15, 0.2) is 0 Å². The Morgan fingerprint density at radius 3 is 2.77 bits per heavy atom. The van der Waals surface area contributed by atoms with Gasteiger partial charge < -0.3 is 15.4 Å². The van der Waals surface area contributed by atoms with Crippen LogP contribution in [0.15, 0.2) is 29.2 Å². The second kappa shape index (κ2) is 6.27. The Hall–Kier alpha value is -2.21. The van der Waals surface area contributed by atoms with E-state index in [2.05, 4.69) is 15.3 Å². The fourth-order valence-electron chi connectivity index (χ4n) is 2.94. The van der Waals surface area contributed by atoms with Crippen LogP contribution in [-0.2, 0) is 0 Å². The lowest BCUT2D eigenvalue weighted by atomic mass is 9.86. The van der Waals surface area contributed by atoms with Crippen LogP contribution in [0.25, 0.3) is 10.9 Å². The number of aromatic nitrogens is 2. The molecule has 0 radical (unpaired) electrons. The van der Waals surface area contributed by atoms with E-state index in [1.54, 1.807) is 18.2 Å². The number of carbonyl (C=O) groups excluding carboxylic acids is 1. The van der Waals surface area contributed by atoms with Crippen molar-refractivity contribution >= 4 is 16.8 Å². The van der Waals surface area contributed by atoms with Crippen LogP contribution >= 0.6 is 0 Å². The summed E-state index contributed by atoms with van der Waals surface area (Å²) in [4.78, 5) is 30.7. The zero-order valence-corrected chi connectivity index (χ0v) is 12.2. The summed E-state index contributed by atoms with van der Waals surface area (Å²) in [6.45, 7) is 0.224. The van der Waals surface area contributed by atoms with Gasteiger partial charge in [-0.2, -0.15) is 0 Å². The van der Waals surface area contributed by atoms with E-state index in [4.69, 9.17) is 5.11 Å². The molecule has 0 unspecified atom stereocenters. The molecule has 0 spiro atoms. The Morgan fingerprint density at radius 2 is 2.05 bits per heavy atom. The fraction of sp³-hybridized carbons (Fsp3) is 0.438. The summed E-state index contributed by atoms with van der Waals surface area (Å²) in [7, 11) is 0. The number of carbonyl (C=O) groups is 1. The summed E-state index contributed by atoms with van der Waals surface area (Å²) in [5, 5.41) is 12.6. The van der Waals surface area contributed by atoms with Gasteiger partial charge in [-0.15, -0.1) is 0 Å². The van der Waals surface area contributed by atoms with Crippen molar-refractivity contribution in [3.8, 4) is 0 Å². The molecule has 3 rings (SSSR count). The Bertz CT molecular complexity index is 733. The van der Waals surface area contributed by atoms with Crippen LogP contribution in [0.4, 0.5) is 0 Å². The highest BCUT2D eigenvalue weighted by Crippen LogP contribution is 2.23. The van der Waals surface area contributed by atoms with Crippen molar-refractivity contribution in [3.63, 3.8) is 0 Å². The summed E-state index contributed by atoms with van der Waals surface area (Å²) < 4.78 is 0. The predicted octanol–water partition coefficient (Wildman–Crippen LogP) is 1.20. The molecule has 0 aromatic carbocycles. The number of nitrogens with one attached hydrogen (secondary N) is 2. The molecule has 0 aliphatic heterocycles. The number of fused-ring (bicyclic) bond motifs is 1. The molecule has 1 aliphatic rings. The molecule has 2 aromatic heterocycles. The highest BCUT2D eigenvalue weighted by molar-refractivity contribution is 5.94. The molecule has 6 heteroatoms. The minimum Gasteiger partial charge on any atom is -0.396 e. The molecule has 22 heavy (non-hydrogen) atoms. The van der Waals surface area contributed by atoms with Gasteiger partial charge in [-0.3, -0.25) is 9.59 Å². The third-order valence-corrected chi connectivity index (χ3v) is 4.30. The molecule has 0 atom stereocenters. The second-order valence-electron chi connectivity index (χ2n) is 5.81. The number of nitrogens with zero attached hydrogens (tertiary/aromatic N) is 1. The monoisotopic (exact) mass is 301 g/mol. The quantitative estimate of drug-likeness (QED) is 0.794. The van der Waals surface area contributed by atoms with Crippen LogP contribution in [-0.4, -0.2) is 33.6 Å². The minimum atomic E-state index is -0.213. The molecule has 1 amide bonds. The van der Waals surface area contributed by atoms with Gasteiger partial charge in [0.25, 0.3) is 11.5 Å². The summed E-state index contributed by atoms with van der Waals surface area (Å²) in [6.07, 6.45) is 5.15. The average Bonchev–Trinajstić information content (AvgIpc) is 2.55. The Morgan fingerprint density at radius 1 is 1.27 bits per heavy atom. The SMILES string of the molecule is O=C(NC1CCC(CO)CC1)c1ccc2c(=O)[nH]ccc2n1. The fourth-order valence-corrected chi connectivity index (χ4v) is 2.94. The Kier molecular flexibility index (Phi) is 4.20. The zero-order chi connectivity index (χ0) is 15.5. The molecular formula is C16H19N3O3. The highest BCUT2D eigenvalue weighted by Gasteiger charge is 2.22. The van der Waals surface area contributed by atoms with Gasteiger partial charge in [-0.05, 0) is 49.8 Å². The average molecular weight is 301 g/mol. The molecule has 2 aromatic rings. The number of H-pyrrole nitrogens is 1. The zero-order valence-electron chi connectivity index (χ0n) is 12.2. The van der Waals surface area contributed by atoms with Crippen molar-refractivity contribution in [1.29, 1.82) is 0 Å². The van der Waals surface area contributed by atoms with Crippen LogP contribution in [0.3, 0.4) is 0 Å². The molecular weight excluding hydrogens is 282 g/mol. The van der Waals surface area contributed by atoms with Crippen LogP contribution < -0.4 is 10.9 Å². The highest BCUT2D eigenvalue weighted by atomic mass is 16.3. The van der Waals surface area contributed by atoms with Gasteiger partial charge in [0.2, 0.25) is 0 Å². The lowest BCUT2D eigenvalue weighted by molar-refractivity contribution is 0.0909. The van der Waals surface area contributed by atoms with E-state index >= 15 is 0 Å². The Balaban J connectivity index is 1.71. The maximum atomic E-state index is 12.3. The topological polar surface area (TPSA) is 95.1 Å². The van der Waals surface area contributed by atoms with E-state index in [1.165, 1.54) is 6.20 Å². The number of amides is 1. The number of hydrogen-bond donors (Lipinski definition) is 3. The molecule has 3 N–H and O–H groups in total. The van der Waals surface area contributed by atoms with Gasteiger partial charge in [-0.1, -0.05) is 0 Å². The van der Waals surface area contributed by atoms with E-state index in [0.29, 0.717) is 22.5 Å². The van der Waals surface area contributed by atoms with Crippen LogP contribution in [0.2, 0.25) is 0 Å². The summed E-state index contributed by atoms with van der Waals surface area (Å²) >= 11 is 0. The second-order valence-corrected chi connectivity index (χ2v) is 5.81. The van der Waals surface area contributed by atoms with Crippen LogP contribution in [0.5, 0.6) is 0 Å². The molecule has 6 nitrogen and oxygen atoms in total. The number of pyridine rings is 2. The standard InChI is InChI=1S/C16H19N3O3/c20-9-10-1-3-11(4-2-10)18-16(22)14-6-5-12-13(19-14)7-8-17-15(12)21/h5-8,10-11,20H,1-4,9H2,(H,17,21)(H,18,22). The largest absolute Gasteiger partial charge is 0.396 e. The van der Waals surface area contributed by atoms with E-state index < -0.39 is 0 Å². The van der Waals surface area contributed by atoms with Crippen molar-refractivity contribution in [3.05, 3.63) is 40.4 Å². The molecule has 0 saturated heterocycles. The Labute approximate surface area is 127 Å². The number of hydrogen-bond acceptors (Lipinski definition) is 4. The van der Waals surface area contributed by atoms with Gasteiger partial charge >= 0.3 is 0 Å². The normalized spacial score (nSPS) is 21.7. The summed E-state index contributed by atoms with van der Waals surface area (Å²) in [5.74, 6) is 0.147. The number of rotatable bonds is 3. The maximum absolute atomic E-state index is 12.3. The third kappa shape index (κ3) is 3.01. The van der Waals surface area contributed by atoms with Crippen LogP contribution in [0.1, 0.15) is 36.2 Å². The summed E-state index contributed by atoms with van der Waals surface area (Å²) in [5.41, 5.74) is 0.627. The van der Waals surface area contributed by atoms with Crippen molar-refractivity contribution in [2.24, 2.45) is 5.92 Å². The van der Waals surface area contributed by atoms with Gasteiger partial charge in [-0.25, -0.2) is 4.98 Å². The van der Waals surface area contributed by atoms with E-state index in [1.807, 2.05) is 0 Å². The predicted molar refractivity (Wildman–Crippen MR) is 82.7 cm³/mol. The third-order valence-electron chi connectivity index (χ3n) is 4.30. The lowest BCUT2D eigenvalue weighted by Crippen LogP contribution is -2.38. The first-order chi connectivity index (χ1) is 10.7. The van der Waals surface area contributed by atoms with E-state index in [9.17, 15) is 9.59 Å². The molecule has 1 aliphatic carbocycles. The number of aliphatic hydroxyl groups excluding tert-OH is 1. The van der Waals surface area contributed by atoms with Crippen LogP contribution in [0, 0.1) is 5.92 Å². The first-order valence-corrected chi connectivity index (χ1v) is 7.57. The van der Waals surface area contributed by atoms with Gasteiger partial charge in [0, 0.05) is 18.8 Å². The van der Waals surface area contributed by atoms with Crippen molar-refractivity contribution < 1.29 is 9.90 Å². The molecule has 116 valence electrons. The first kappa shape index (κ1) is 14.7. The van der Waals surface area contributed by atoms with E-state index in [0.717, 1.165) is 25.7 Å². The molecule has 1 fully saturated rings.